The SMILES string of the molecule is O=C(CSc1ccc2c(c1)OCCO2)NNC(=O)c1ccc(COc2ccccc2)o1. The number of hydrogen-bond acceptors (Lipinski definition) is 7. The minimum atomic E-state index is -0.552. The highest BCUT2D eigenvalue weighted by atomic mass is 32.2. The van der Waals surface area contributed by atoms with Gasteiger partial charge in [0.15, 0.2) is 17.3 Å². The van der Waals surface area contributed by atoms with E-state index in [2.05, 4.69) is 10.9 Å². The van der Waals surface area contributed by atoms with E-state index in [0.717, 1.165) is 4.90 Å². The maximum atomic E-state index is 12.2. The zero-order chi connectivity index (χ0) is 21.5. The molecule has 0 radical (unpaired) electrons. The molecule has 0 bridgehead atoms. The normalized spacial score (nSPS) is 12.1. The Bertz CT molecular complexity index is 1050. The van der Waals surface area contributed by atoms with Gasteiger partial charge in [0.25, 0.3) is 0 Å². The Hall–Kier alpha value is -3.59. The number of carbonyl (C=O) groups excluding carboxylic acids is 2. The number of rotatable bonds is 7. The van der Waals surface area contributed by atoms with Gasteiger partial charge in [0, 0.05) is 4.90 Å². The van der Waals surface area contributed by atoms with Gasteiger partial charge in [-0.15, -0.1) is 11.8 Å². The molecule has 8 nitrogen and oxygen atoms in total. The summed E-state index contributed by atoms with van der Waals surface area (Å²) in [5, 5.41) is 0. The Morgan fingerprint density at radius 2 is 1.74 bits per heavy atom. The third-order valence-corrected chi connectivity index (χ3v) is 5.20. The number of fused-ring (bicyclic) bond motifs is 1. The highest BCUT2D eigenvalue weighted by molar-refractivity contribution is 8.00. The maximum absolute atomic E-state index is 12.2. The Kier molecular flexibility index (Phi) is 6.63. The molecular weight excluding hydrogens is 420 g/mol. The number of nitrogens with one attached hydrogen (secondary N) is 2. The van der Waals surface area contributed by atoms with Crippen molar-refractivity contribution in [3.63, 3.8) is 0 Å². The smallest absolute Gasteiger partial charge is 0.305 e. The van der Waals surface area contributed by atoms with Gasteiger partial charge in [-0.25, -0.2) is 0 Å². The Balaban J connectivity index is 1.20. The van der Waals surface area contributed by atoms with Crippen molar-refractivity contribution in [1.29, 1.82) is 0 Å². The van der Waals surface area contributed by atoms with Gasteiger partial charge in [-0.2, -0.15) is 0 Å². The number of furan rings is 1. The van der Waals surface area contributed by atoms with E-state index in [0.29, 0.717) is 36.2 Å². The quantitative estimate of drug-likeness (QED) is 0.430. The summed E-state index contributed by atoms with van der Waals surface area (Å²) in [6.07, 6.45) is 0. The first-order valence-corrected chi connectivity index (χ1v) is 10.5. The molecule has 0 saturated carbocycles. The van der Waals surface area contributed by atoms with E-state index in [1.165, 1.54) is 17.8 Å². The van der Waals surface area contributed by atoms with Gasteiger partial charge < -0.3 is 18.6 Å². The molecule has 1 aliphatic heterocycles. The fraction of sp³-hybridized carbons (Fsp3) is 0.182. The van der Waals surface area contributed by atoms with Crippen molar-refractivity contribution in [2.45, 2.75) is 11.5 Å². The van der Waals surface area contributed by atoms with Gasteiger partial charge in [-0.3, -0.25) is 20.4 Å². The summed E-state index contributed by atoms with van der Waals surface area (Å²) in [4.78, 5) is 25.1. The lowest BCUT2D eigenvalue weighted by atomic mass is 10.3. The van der Waals surface area contributed by atoms with Crippen LogP contribution in [0.25, 0.3) is 0 Å². The van der Waals surface area contributed by atoms with E-state index in [-0.39, 0.29) is 24.0 Å². The van der Waals surface area contributed by atoms with Crippen molar-refractivity contribution in [3.8, 4) is 17.2 Å². The van der Waals surface area contributed by atoms with Crippen LogP contribution in [0.2, 0.25) is 0 Å². The van der Waals surface area contributed by atoms with Crippen LogP contribution in [0, 0.1) is 0 Å². The van der Waals surface area contributed by atoms with Crippen LogP contribution in [-0.2, 0) is 11.4 Å². The second-order valence-electron chi connectivity index (χ2n) is 6.46. The lowest BCUT2D eigenvalue weighted by Gasteiger charge is -2.18. The monoisotopic (exact) mass is 440 g/mol. The third-order valence-electron chi connectivity index (χ3n) is 4.21. The van der Waals surface area contributed by atoms with Gasteiger partial charge in [0.2, 0.25) is 5.91 Å². The first-order valence-electron chi connectivity index (χ1n) is 9.55. The number of amides is 2. The van der Waals surface area contributed by atoms with Crippen molar-refractivity contribution in [2.75, 3.05) is 19.0 Å². The number of hydrogen-bond donors (Lipinski definition) is 2. The Labute approximate surface area is 182 Å². The van der Waals surface area contributed by atoms with Crippen molar-refractivity contribution >= 4 is 23.6 Å². The van der Waals surface area contributed by atoms with Crippen molar-refractivity contribution < 1.29 is 28.2 Å². The van der Waals surface area contributed by atoms with Crippen LogP contribution < -0.4 is 25.1 Å². The molecule has 2 N–H and O–H groups in total. The van der Waals surface area contributed by atoms with E-state index in [4.69, 9.17) is 18.6 Å². The molecule has 0 spiro atoms. The summed E-state index contributed by atoms with van der Waals surface area (Å²) in [7, 11) is 0. The molecule has 0 aliphatic carbocycles. The summed E-state index contributed by atoms with van der Waals surface area (Å²) in [5.74, 6) is 1.84. The maximum Gasteiger partial charge on any atom is 0.305 e. The van der Waals surface area contributed by atoms with Gasteiger partial charge in [-0.05, 0) is 42.5 Å². The minimum Gasteiger partial charge on any atom is -0.486 e. The largest absolute Gasteiger partial charge is 0.486 e. The molecule has 9 heteroatoms. The molecule has 2 amide bonds. The molecule has 1 aromatic heterocycles. The average Bonchev–Trinajstić information content (AvgIpc) is 3.29. The molecule has 4 rings (SSSR count). The second kappa shape index (κ2) is 9.94. The van der Waals surface area contributed by atoms with Crippen molar-refractivity contribution in [2.24, 2.45) is 0 Å². The van der Waals surface area contributed by atoms with Crippen LogP contribution in [0.5, 0.6) is 17.2 Å². The Morgan fingerprint density at radius 3 is 2.58 bits per heavy atom. The van der Waals surface area contributed by atoms with Crippen LogP contribution >= 0.6 is 11.8 Å². The number of ether oxygens (including phenoxy) is 3. The molecule has 31 heavy (non-hydrogen) atoms. The van der Waals surface area contributed by atoms with E-state index in [1.807, 2.05) is 48.5 Å². The van der Waals surface area contributed by atoms with Crippen LogP contribution in [0.3, 0.4) is 0 Å². The third kappa shape index (κ3) is 5.73. The number of carbonyl (C=O) groups is 2. The van der Waals surface area contributed by atoms with E-state index in [9.17, 15) is 9.59 Å². The second-order valence-corrected chi connectivity index (χ2v) is 7.51. The summed E-state index contributed by atoms with van der Waals surface area (Å²) in [5.41, 5.74) is 4.72. The van der Waals surface area contributed by atoms with Gasteiger partial charge in [0.1, 0.15) is 31.3 Å². The van der Waals surface area contributed by atoms with E-state index < -0.39 is 5.91 Å². The summed E-state index contributed by atoms with van der Waals surface area (Å²) >= 11 is 1.32. The molecule has 0 saturated heterocycles. The first-order chi connectivity index (χ1) is 15.2. The number of para-hydroxylation sites is 1. The van der Waals surface area contributed by atoms with Crippen LogP contribution in [0.1, 0.15) is 16.3 Å². The predicted octanol–water partition coefficient (Wildman–Crippen LogP) is 3.18. The van der Waals surface area contributed by atoms with E-state index >= 15 is 0 Å². The van der Waals surface area contributed by atoms with Crippen LogP contribution in [0.15, 0.2) is 70.0 Å². The number of thioether (sulfide) groups is 1. The Morgan fingerprint density at radius 1 is 0.935 bits per heavy atom. The molecule has 0 fully saturated rings. The topological polar surface area (TPSA) is 99.0 Å². The molecule has 2 aromatic carbocycles. The highest BCUT2D eigenvalue weighted by Crippen LogP contribution is 2.34. The summed E-state index contributed by atoms with van der Waals surface area (Å²) in [6, 6.07) is 17.9. The standard InChI is InChI=1S/C22H20N2O6S/c25-21(14-31-17-7-9-18-20(12-17)28-11-10-27-18)23-24-22(26)19-8-6-16(30-19)13-29-15-4-2-1-3-5-15/h1-9,12H,10-11,13-14H2,(H,23,25)(H,24,26). The fourth-order valence-corrected chi connectivity index (χ4v) is 3.46. The van der Waals surface area contributed by atoms with Crippen molar-refractivity contribution in [1.82, 2.24) is 10.9 Å². The van der Waals surface area contributed by atoms with E-state index in [1.54, 1.807) is 6.07 Å². The predicted molar refractivity (Wildman–Crippen MR) is 113 cm³/mol. The number of benzene rings is 2. The number of hydrazine groups is 1. The van der Waals surface area contributed by atoms with Gasteiger partial charge >= 0.3 is 5.91 Å². The molecule has 0 atom stereocenters. The van der Waals surface area contributed by atoms with Gasteiger partial charge in [0.05, 0.1) is 5.75 Å². The minimum absolute atomic E-state index is 0.0754. The summed E-state index contributed by atoms with van der Waals surface area (Å²) < 4.78 is 22.0. The molecule has 0 unspecified atom stereocenters. The highest BCUT2D eigenvalue weighted by Gasteiger charge is 2.14. The lowest BCUT2D eigenvalue weighted by molar-refractivity contribution is -0.119. The van der Waals surface area contributed by atoms with Gasteiger partial charge in [-0.1, -0.05) is 18.2 Å². The fourth-order valence-electron chi connectivity index (χ4n) is 2.74. The zero-order valence-electron chi connectivity index (χ0n) is 16.5. The first kappa shape index (κ1) is 20.7. The van der Waals surface area contributed by atoms with Crippen LogP contribution in [0.4, 0.5) is 0 Å². The van der Waals surface area contributed by atoms with Crippen LogP contribution in [-0.4, -0.2) is 30.8 Å². The lowest BCUT2D eigenvalue weighted by Crippen LogP contribution is -2.42. The molecule has 160 valence electrons. The molecule has 2 heterocycles. The zero-order valence-corrected chi connectivity index (χ0v) is 17.3. The summed E-state index contributed by atoms with van der Waals surface area (Å²) in [6.45, 7) is 1.22. The van der Waals surface area contributed by atoms with Crippen molar-refractivity contribution in [3.05, 3.63) is 72.2 Å². The average molecular weight is 440 g/mol. The molecular formula is C22H20N2O6S. The molecule has 1 aliphatic rings. The molecule has 3 aromatic rings.